The van der Waals surface area contributed by atoms with Crippen LogP contribution in [0.15, 0.2) is 18.2 Å². The highest BCUT2D eigenvalue weighted by molar-refractivity contribution is 5.52. The topological polar surface area (TPSA) is 3.24 Å². The Bertz CT molecular complexity index is 399. The van der Waals surface area contributed by atoms with Crippen LogP contribution in [0.5, 0.6) is 0 Å². The van der Waals surface area contributed by atoms with E-state index in [2.05, 4.69) is 6.92 Å². The van der Waals surface area contributed by atoms with Gasteiger partial charge in [0, 0.05) is 18.8 Å². The molecule has 0 saturated heterocycles. The summed E-state index contributed by atoms with van der Waals surface area (Å²) in [6, 6.07) is 1.51. The molecule has 0 unspecified atom stereocenters. The largest absolute Gasteiger partial charge is 0.416 e. The minimum absolute atomic E-state index is 0.0785. The molecule has 0 aliphatic heterocycles. The van der Waals surface area contributed by atoms with E-state index in [1.165, 1.54) is 4.90 Å². The smallest absolute Gasteiger partial charge is 0.372 e. The predicted octanol–water partition coefficient (Wildman–Crippen LogP) is 4.38. The molecule has 1 aromatic rings. The summed E-state index contributed by atoms with van der Waals surface area (Å²) >= 11 is 0. The molecule has 7 heteroatoms. The second-order valence-electron chi connectivity index (χ2n) is 3.84. The second-order valence-corrected chi connectivity index (χ2v) is 3.84. The van der Waals surface area contributed by atoms with Crippen molar-refractivity contribution in [1.82, 2.24) is 0 Å². The maximum Gasteiger partial charge on any atom is 0.416 e. The van der Waals surface area contributed by atoms with Gasteiger partial charge in [-0.25, -0.2) is 0 Å². The molecule has 0 amide bonds. The summed E-state index contributed by atoms with van der Waals surface area (Å²) < 4.78 is 75.6. The van der Waals surface area contributed by atoms with Gasteiger partial charge in [0.2, 0.25) is 0 Å². The summed E-state index contributed by atoms with van der Waals surface area (Å²) in [4.78, 5) is 1.32. The first-order valence-electron chi connectivity index (χ1n) is 5.43. The van der Waals surface area contributed by atoms with Crippen LogP contribution < -0.4 is 4.90 Å². The lowest BCUT2D eigenvalue weighted by atomic mass is 10.1. The molecule has 107 valence electrons. The lowest BCUT2D eigenvalue weighted by molar-refractivity contribution is -0.143. The van der Waals surface area contributed by atoms with Crippen LogP contribution in [0.1, 0.15) is 18.1 Å². The van der Waals surface area contributed by atoms with Crippen molar-refractivity contribution in [3.05, 3.63) is 36.2 Å². The molecule has 1 aromatic carbocycles. The maximum atomic E-state index is 12.6. The van der Waals surface area contributed by atoms with Crippen molar-refractivity contribution in [2.24, 2.45) is 0 Å². The summed E-state index contributed by atoms with van der Waals surface area (Å²) in [5.74, 6) is 0. The molecule has 0 saturated carbocycles. The number of hydrogen-bond donors (Lipinski definition) is 0. The summed E-state index contributed by atoms with van der Waals surface area (Å²) in [6.07, 6.45) is -9.65. The minimum Gasteiger partial charge on any atom is -0.372 e. The number of rotatable bonds is 3. The number of benzene rings is 1. The Labute approximate surface area is 106 Å². The average molecular weight is 284 g/mol. The van der Waals surface area contributed by atoms with E-state index in [9.17, 15) is 26.3 Å². The van der Waals surface area contributed by atoms with E-state index in [0.29, 0.717) is 12.1 Å². The molecule has 0 atom stereocenters. The average Bonchev–Trinajstić information content (AvgIpc) is 2.28. The normalized spacial score (nSPS) is 12.6. The number of anilines is 1. The maximum absolute atomic E-state index is 12.6. The summed E-state index contributed by atoms with van der Waals surface area (Å²) in [5, 5.41) is 0. The summed E-state index contributed by atoms with van der Waals surface area (Å²) in [6.45, 7) is 5.45. The van der Waals surface area contributed by atoms with Gasteiger partial charge in [0.25, 0.3) is 0 Å². The van der Waals surface area contributed by atoms with Gasteiger partial charge in [-0.2, -0.15) is 26.3 Å². The van der Waals surface area contributed by atoms with Gasteiger partial charge in [-0.3, -0.25) is 0 Å². The molecule has 0 heterocycles. The van der Waals surface area contributed by atoms with Crippen LogP contribution in [0.4, 0.5) is 32.0 Å². The fourth-order valence-electron chi connectivity index (χ4n) is 1.59. The van der Waals surface area contributed by atoms with E-state index >= 15 is 0 Å². The van der Waals surface area contributed by atoms with E-state index in [1.54, 1.807) is 6.92 Å². The predicted molar refractivity (Wildman–Crippen MR) is 59.7 cm³/mol. The van der Waals surface area contributed by atoms with E-state index < -0.39 is 23.5 Å². The second kappa shape index (κ2) is 5.30. The van der Waals surface area contributed by atoms with Gasteiger partial charge < -0.3 is 4.90 Å². The zero-order chi connectivity index (χ0) is 14.8. The van der Waals surface area contributed by atoms with Gasteiger partial charge >= 0.3 is 12.4 Å². The Morgan fingerprint density at radius 1 is 0.947 bits per heavy atom. The monoisotopic (exact) mass is 284 g/mol. The molecule has 0 aliphatic carbocycles. The van der Waals surface area contributed by atoms with Crippen molar-refractivity contribution in [3.8, 4) is 0 Å². The fraction of sp³-hybridized carbons (Fsp3) is 0.417. The van der Waals surface area contributed by atoms with Gasteiger partial charge in [0.05, 0.1) is 11.1 Å². The van der Waals surface area contributed by atoms with Gasteiger partial charge in [0.1, 0.15) is 0 Å². The SMILES string of the molecule is [CH2]CN(CC)c1cc(C(F)(F)F)cc(C(F)(F)F)c1. The highest BCUT2D eigenvalue weighted by Gasteiger charge is 2.37. The first-order chi connectivity index (χ1) is 8.59. The third-order valence-corrected chi connectivity index (χ3v) is 2.59. The highest BCUT2D eigenvalue weighted by atomic mass is 19.4. The van der Waals surface area contributed by atoms with Crippen LogP contribution in [-0.2, 0) is 12.4 Å². The molecule has 19 heavy (non-hydrogen) atoms. The zero-order valence-corrected chi connectivity index (χ0v) is 10.1. The Balaban J connectivity index is 3.41. The molecule has 0 aliphatic rings. The molecular formula is C12H12F6N. The third-order valence-electron chi connectivity index (χ3n) is 2.59. The first-order valence-corrected chi connectivity index (χ1v) is 5.43. The number of alkyl halides is 6. The molecule has 0 N–H and O–H groups in total. The van der Waals surface area contributed by atoms with Crippen LogP contribution in [-0.4, -0.2) is 13.1 Å². The van der Waals surface area contributed by atoms with Crippen molar-refractivity contribution in [1.29, 1.82) is 0 Å². The molecular weight excluding hydrogens is 272 g/mol. The van der Waals surface area contributed by atoms with Crippen LogP contribution in [0.2, 0.25) is 0 Å². The Morgan fingerprint density at radius 2 is 1.37 bits per heavy atom. The van der Waals surface area contributed by atoms with Gasteiger partial charge in [-0.15, -0.1) is 0 Å². The highest BCUT2D eigenvalue weighted by Crippen LogP contribution is 2.38. The summed E-state index contributed by atoms with van der Waals surface area (Å²) in [7, 11) is 0. The Kier molecular flexibility index (Phi) is 4.37. The van der Waals surface area contributed by atoms with Crippen LogP contribution in [0.3, 0.4) is 0 Å². The minimum atomic E-state index is -4.82. The van der Waals surface area contributed by atoms with Crippen LogP contribution in [0, 0.1) is 6.92 Å². The molecule has 0 fully saturated rings. The Morgan fingerprint density at radius 3 is 1.63 bits per heavy atom. The number of nitrogens with zero attached hydrogens (tertiary/aromatic N) is 1. The van der Waals surface area contributed by atoms with Crippen molar-refractivity contribution < 1.29 is 26.3 Å². The van der Waals surface area contributed by atoms with Crippen molar-refractivity contribution >= 4 is 5.69 Å². The molecule has 1 rings (SSSR count). The standard InChI is InChI=1S/C12H12F6N/c1-3-19(4-2)10-6-8(11(13,14)15)5-9(7-10)12(16,17)18/h5-7H,1,3-4H2,2H3. The van der Waals surface area contributed by atoms with Crippen molar-refractivity contribution in [2.75, 3.05) is 18.0 Å². The fourth-order valence-corrected chi connectivity index (χ4v) is 1.59. The molecule has 0 aromatic heterocycles. The van der Waals surface area contributed by atoms with Gasteiger partial charge in [-0.05, 0) is 32.0 Å². The molecule has 1 radical (unpaired) electrons. The molecule has 1 nitrogen and oxygen atoms in total. The van der Waals surface area contributed by atoms with Crippen LogP contribution in [0.25, 0.3) is 0 Å². The lowest BCUT2D eigenvalue weighted by Gasteiger charge is -2.23. The first kappa shape index (κ1) is 15.7. The van der Waals surface area contributed by atoms with Crippen molar-refractivity contribution in [3.63, 3.8) is 0 Å². The third kappa shape index (κ3) is 3.78. The molecule has 0 spiro atoms. The molecule has 0 bridgehead atoms. The van der Waals surface area contributed by atoms with E-state index in [1.807, 2.05) is 0 Å². The van der Waals surface area contributed by atoms with Gasteiger partial charge in [-0.1, -0.05) is 0 Å². The quantitative estimate of drug-likeness (QED) is 0.744. The number of hydrogen-bond acceptors (Lipinski definition) is 1. The van der Waals surface area contributed by atoms with Gasteiger partial charge in [0.15, 0.2) is 0 Å². The van der Waals surface area contributed by atoms with E-state index in [0.717, 1.165) is 0 Å². The zero-order valence-electron chi connectivity index (χ0n) is 10.1. The summed E-state index contributed by atoms with van der Waals surface area (Å²) in [5.41, 5.74) is -2.77. The van der Waals surface area contributed by atoms with E-state index in [4.69, 9.17) is 0 Å². The Hall–Kier alpha value is -1.40. The van der Waals surface area contributed by atoms with Crippen LogP contribution >= 0.6 is 0 Å². The number of halogens is 6. The van der Waals surface area contributed by atoms with E-state index in [-0.39, 0.29) is 24.8 Å². The lowest BCUT2D eigenvalue weighted by Crippen LogP contribution is -2.23. The van der Waals surface area contributed by atoms with Crippen molar-refractivity contribution in [2.45, 2.75) is 19.3 Å².